The molecule has 0 aromatic heterocycles. The number of hydrogen-bond donors (Lipinski definition) is 0. The van der Waals surface area contributed by atoms with Gasteiger partial charge in [-0.2, -0.15) is 0 Å². The standard InChI is InChI=1S/C64H75BN2/c1-39-30-55-57-56(31-39)67(52-36-49-45(32-40(52)2)62(11,12)38-63(49,13)14)53-33-42(64(15,16)41-20-18-17-19-21-41)22-25-50(53)65(57)51-35-47-48(61(9,10)29-28-60(47,7)8)37-54(51)66(55)43-23-24-44-46(34-43)59(5,6)27-26-58(44,3)4/h17-25,30-37H,26-29,38H2,1-16H3. The van der Waals surface area contributed by atoms with Crippen LogP contribution in [0.2, 0.25) is 0 Å². The second-order valence-corrected chi connectivity index (χ2v) is 26.4. The van der Waals surface area contributed by atoms with E-state index in [1.807, 2.05) is 0 Å². The Hall–Kier alpha value is -5.02. The van der Waals surface area contributed by atoms with E-state index in [2.05, 4.69) is 224 Å². The molecular weight excluding hydrogens is 808 g/mol. The van der Waals surface area contributed by atoms with Crippen LogP contribution in [0.3, 0.4) is 0 Å². The van der Waals surface area contributed by atoms with Crippen LogP contribution in [0, 0.1) is 13.8 Å². The number of benzene rings is 6. The number of aryl methyl sites for hydroxylation is 2. The van der Waals surface area contributed by atoms with Crippen molar-refractivity contribution in [1.29, 1.82) is 0 Å². The Balaban J connectivity index is 1.25. The Bertz CT molecular complexity index is 3060. The monoisotopic (exact) mass is 883 g/mol. The van der Waals surface area contributed by atoms with Crippen molar-refractivity contribution in [3.63, 3.8) is 0 Å². The molecule has 67 heavy (non-hydrogen) atoms. The molecule has 3 aliphatic carbocycles. The van der Waals surface area contributed by atoms with Gasteiger partial charge in [0.05, 0.1) is 0 Å². The van der Waals surface area contributed by atoms with Crippen LogP contribution in [0.4, 0.5) is 34.1 Å². The number of anilines is 6. The summed E-state index contributed by atoms with van der Waals surface area (Å²) in [6.07, 6.45) is 5.91. The fraction of sp³-hybridized carbons (Fsp3) is 0.438. The molecule has 2 heterocycles. The molecule has 0 bridgehead atoms. The summed E-state index contributed by atoms with van der Waals surface area (Å²) in [4.78, 5) is 5.43. The average molecular weight is 883 g/mol. The minimum atomic E-state index is -0.205. The Morgan fingerprint density at radius 2 is 0.925 bits per heavy atom. The molecule has 2 aliphatic heterocycles. The van der Waals surface area contributed by atoms with Crippen LogP contribution in [0.1, 0.15) is 185 Å². The summed E-state index contributed by atoms with van der Waals surface area (Å²) in [6.45, 7) is 39.2. The first-order chi connectivity index (χ1) is 31.2. The van der Waals surface area contributed by atoms with Gasteiger partial charge >= 0.3 is 0 Å². The summed E-state index contributed by atoms with van der Waals surface area (Å²) in [7, 11) is 0. The van der Waals surface area contributed by atoms with E-state index >= 15 is 0 Å². The highest BCUT2D eigenvalue weighted by molar-refractivity contribution is 7.00. The molecule has 0 amide bonds. The van der Waals surface area contributed by atoms with Crippen LogP contribution in [0.25, 0.3) is 0 Å². The van der Waals surface area contributed by atoms with Gasteiger partial charge in [0.1, 0.15) is 0 Å². The third-order valence-electron chi connectivity index (χ3n) is 18.4. The molecule has 344 valence electrons. The quantitative estimate of drug-likeness (QED) is 0.163. The Labute approximate surface area is 404 Å². The largest absolute Gasteiger partial charge is 0.311 e. The maximum Gasteiger partial charge on any atom is 0.252 e. The van der Waals surface area contributed by atoms with E-state index in [1.165, 1.54) is 132 Å². The lowest BCUT2D eigenvalue weighted by Gasteiger charge is -2.48. The zero-order chi connectivity index (χ0) is 47.8. The summed E-state index contributed by atoms with van der Waals surface area (Å²) in [5.41, 5.74) is 26.8. The second-order valence-electron chi connectivity index (χ2n) is 26.4. The lowest BCUT2D eigenvalue weighted by molar-refractivity contribution is 0.332. The number of nitrogens with zero attached hydrogens (tertiary/aromatic N) is 2. The van der Waals surface area contributed by atoms with Crippen LogP contribution in [0.5, 0.6) is 0 Å². The molecule has 11 rings (SSSR count). The minimum Gasteiger partial charge on any atom is -0.311 e. The van der Waals surface area contributed by atoms with Gasteiger partial charge in [0.15, 0.2) is 0 Å². The third kappa shape index (κ3) is 6.48. The van der Waals surface area contributed by atoms with Gasteiger partial charge in [-0.25, -0.2) is 0 Å². The highest BCUT2D eigenvalue weighted by Gasteiger charge is 2.49. The van der Waals surface area contributed by atoms with E-state index in [1.54, 1.807) is 0 Å². The van der Waals surface area contributed by atoms with Crippen molar-refractivity contribution in [3.05, 3.63) is 159 Å². The molecule has 0 atom stereocenters. The summed E-state index contributed by atoms with van der Waals surface area (Å²) in [5.74, 6) is 0. The predicted molar refractivity (Wildman–Crippen MR) is 290 cm³/mol. The van der Waals surface area contributed by atoms with Crippen LogP contribution in [0.15, 0.2) is 103 Å². The lowest BCUT2D eigenvalue weighted by Crippen LogP contribution is -2.62. The Morgan fingerprint density at radius 1 is 0.418 bits per heavy atom. The smallest absolute Gasteiger partial charge is 0.252 e. The lowest BCUT2D eigenvalue weighted by atomic mass is 9.33. The van der Waals surface area contributed by atoms with Crippen LogP contribution in [-0.2, 0) is 37.9 Å². The molecule has 2 nitrogen and oxygen atoms in total. The van der Waals surface area contributed by atoms with Crippen molar-refractivity contribution in [2.45, 2.75) is 181 Å². The summed E-state index contributed by atoms with van der Waals surface area (Å²) in [5, 5.41) is 0. The summed E-state index contributed by atoms with van der Waals surface area (Å²) >= 11 is 0. The van der Waals surface area contributed by atoms with Gasteiger partial charge in [-0.3, -0.25) is 0 Å². The normalized spacial score (nSPS) is 20.6. The highest BCUT2D eigenvalue weighted by Crippen LogP contribution is 2.55. The molecule has 6 aromatic rings. The van der Waals surface area contributed by atoms with Gasteiger partial charge in [-0.1, -0.05) is 158 Å². The number of fused-ring (bicyclic) bond motifs is 7. The predicted octanol–water partition coefficient (Wildman–Crippen LogP) is 15.4. The maximum absolute atomic E-state index is 2.71. The van der Waals surface area contributed by atoms with Crippen molar-refractivity contribution in [1.82, 2.24) is 0 Å². The van der Waals surface area contributed by atoms with Crippen LogP contribution >= 0.6 is 0 Å². The molecule has 3 heteroatoms. The summed E-state index contributed by atoms with van der Waals surface area (Å²) < 4.78 is 0. The first-order valence-corrected chi connectivity index (χ1v) is 25.7. The number of hydrogen-bond acceptors (Lipinski definition) is 2. The molecule has 0 unspecified atom stereocenters. The fourth-order valence-electron chi connectivity index (χ4n) is 14.2. The van der Waals surface area contributed by atoms with Crippen molar-refractivity contribution in [3.8, 4) is 0 Å². The topological polar surface area (TPSA) is 6.48 Å². The highest BCUT2D eigenvalue weighted by atomic mass is 15.2. The van der Waals surface area contributed by atoms with Crippen molar-refractivity contribution in [2.24, 2.45) is 0 Å². The van der Waals surface area contributed by atoms with E-state index in [9.17, 15) is 0 Å². The van der Waals surface area contributed by atoms with Crippen LogP contribution < -0.4 is 26.2 Å². The van der Waals surface area contributed by atoms with Gasteiger partial charge in [-0.15, -0.1) is 0 Å². The number of rotatable bonds is 4. The second kappa shape index (κ2) is 14.0. The summed E-state index contributed by atoms with van der Waals surface area (Å²) in [6, 6.07) is 41.9. The molecule has 0 fully saturated rings. The van der Waals surface area contributed by atoms with Gasteiger partial charge < -0.3 is 9.80 Å². The average Bonchev–Trinajstić information content (AvgIpc) is 3.44. The minimum absolute atomic E-state index is 0.0567. The van der Waals surface area contributed by atoms with Gasteiger partial charge in [0, 0.05) is 39.5 Å². The maximum atomic E-state index is 2.71. The van der Waals surface area contributed by atoms with Gasteiger partial charge in [0.25, 0.3) is 6.71 Å². The fourth-order valence-corrected chi connectivity index (χ4v) is 14.2. The molecule has 0 radical (unpaired) electrons. The molecule has 5 aliphatic rings. The molecule has 0 spiro atoms. The van der Waals surface area contributed by atoms with Crippen molar-refractivity contribution >= 4 is 57.2 Å². The van der Waals surface area contributed by atoms with E-state index in [-0.39, 0.29) is 44.6 Å². The molecule has 6 aromatic carbocycles. The third-order valence-corrected chi connectivity index (χ3v) is 18.4. The molecule has 0 N–H and O–H groups in total. The zero-order valence-corrected chi connectivity index (χ0v) is 43.8. The van der Waals surface area contributed by atoms with E-state index in [4.69, 9.17) is 0 Å². The SMILES string of the molecule is Cc1cc2c3c(c1)N(c1cc4c(cc1C)C(C)(C)CC4(C)C)c1cc(C(C)(C)c4ccccc4)ccc1B3c1cc3c(cc1N2c1ccc2c(c1)C(C)(C)CCC2(C)C)C(C)(C)CCC3(C)C. The van der Waals surface area contributed by atoms with Crippen molar-refractivity contribution < 1.29 is 0 Å². The Morgan fingerprint density at radius 3 is 1.55 bits per heavy atom. The first kappa shape index (κ1) is 44.5. The first-order valence-electron chi connectivity index (χ1n) is 25.7. The van der Waals surface area contributed by atoms with Gasteiger partial charge in [0.2, 0.25) is 0 Å². The molecule has 0 saturated carbocycles. The molecular formula is C64H75BN2. The van der Waals surface area contributed by atoms with E-state index < -0.39 is 0 Å². The Kier molecular flexibility index (Phi) is 9.33. The molecule has 0 saturated heterocycles. The van der Waals surface area contributed by atoms with Crippen molar-refractivity contribution in [2.75, 3.05) is 9.80 Å². The van der Waals surface area contributed by atoms with E-state index in [0.29, 0.717) is 0 Å². The zero-order valence-electron chi connectivity index (χ0n) is 43.8. The van der Waals surface area contributed by atoms with Gasteiger partial charge in [-0.05, 0) is 193 Å². The van der Waals surface area contributed by atoms with Crippen LogP contribution in [-0.4, -0.2) is 6.71 Å². The van der Waals surface area contributed by atoms with E-state index in [0.717, 1.165) is 6.42 Å².